The van der Waals surface area contributed by atoms with E-state index in [2.05, 4.69) is 10.3 Å². The van der Waals surface area contributed by atoms with Gasteiger partial charge in [0, 0.05) is 11.1 Å². The predicted molar refractivity (Wildman–Crippen MR) is 95.4 cm³/mol. The monoisotopic (exact) mass is 340 g/mol. The Bertz CT molecular complexity index is 770. The lowest BCUT2D eigenvalue weighted by molar-refractivity contribution is -0.132. The molecule has 0 bridgehead atoms. The van der Waals surface area contributed by atoms with Crippen LogP contribution in [0.3, 0.4) is 0 Å². The van der Waals surface area contributed by atoms with E-state index >= 15 is 0 Å². The summed E-state index contributed by atoms with van der Waals surface area (Å²) in [6.45, 7) is 2.05. The number of carbonyl (C=O) groups is 1. The first-order valence-electron chi connectivity index (χ1n) is 7.67. The average Bonchev–Trinajstić information content (AvgIpc) is 2.66. The van der Waals surface area contributed by atoms with Gasteiger partial charge in [-0.3, -0.25) is 0 Å². The van der Waals surface area contributed by atoms with Gasteiger partial charge < -0.3 is 14.4 Å². The first-order chi connectivity index (χ1) is 12.2. The molecular formula is C19H20N2O4. The molecule has 0 atom stereocenters. The van der Waals surface area contributed by atoms with Crippen molar-refractivity contribution in [2.75, 3.05) is 14.2 Å². The van der Waals surface area contributed by atoms with Crippen LogP contribution in [0.5, 0.6) is 0 Å². The standard InChI is InChI=1S/C19H20N2O4/c1-14(15-9-5-4-6-10-15)20-25-13-16-11-7-8-12-17(16)18(21-24-3)19(22)23-2/h4-12H,13H2,1-3H3/b20-14+,21-18+. The van der Waals surface area contributed by atoms with Crippen LogP contribution in [-0.4, -0.2) is 31.6 Å². The molecule has 0 aliphatic rings. The van der Waals surface area contributed by atoms with E-state index in [1.165, 1.54) is 14.2 Å². The molecule has 0 heterocycles. The highest BCUT2D eigenvalue weighted by Crippen LogP contribution is 2.13. The molecule has 0 fully saturated rings. The summed E-state index contributed by atoms with van der Waals surface area (Å²) in [5, 5.41) is 7.90. The molecule has 2 rings (SSSR count). The molecule has 0 saturated heterocycles. The zero-order chi connectivity index (χ0) is 18.1. The molecule has 25 heavy (non-hydrogen) atoms. The summed E-state index contributed by atoms with van der Waals surface area (Å²) in [7, 11) is 2.66. The predicted octanol–water partition coefficient (Wildman–Crippen LogP) is 3.15. The Balaban J connectivity index is 2.18. The minimum absolute atomic E-state index is 0.0768. The number of esters is 1. The summed E-state index contributed by atoms with van der Waals surface area (Å²) in [5.74, 6) is -0.585. The Morgan fingerprint density at radius 1 is 0.960 bits per heavy atom. The van der Waals surface area contributed by atoms with Crippen LogP contribution in [0, 0.1) is 0 Å². The second-order valence-corrected chi connectivity index (χ2v) is 5.09. The molecule has 6 nitrogen and oxygen atoms in total. The molecule has 0 aliphatic heterocycles. The van der Waals surface area contributed by atoms with Crippen molar-refractivity contribution in [3.05, 3.63) is 71.3 Å². The van der Waals surface area contributed by atoms with Crippen molar-refractivity contribution in [1.82, 2.24) is 0 Å². The number of carbonyl (C=O) groups excluding carboxylic acids is 1. The van der Waals surface area contributed by atoms with Crippen molar-refractivity contribution in [3.63, 3.8) is 0 Å². The van der Waals surface area contributed by atoms with Crippen molar-refractivity contribution in [1.29, 1.82) is 0 Å². The van der Waals surface area contributed by atoms with Gasteiger partial charge in [-0.2, -0.15) is 0 Å². The molecule has 6 heteroatoms. The Morgan fingerprint density at radius 2 is 1.64 bits per heavy atom. The summed E-state index contributed by atoms with van der Waals surface area (Å²) in [6.07, 6.45) is 0. The van der Waals surface area contributed by atoms with E-state index in [-0.39, 0.29) is 12.3 Å². The molecule has 0 unspecified atom stereocenters. The third kappa shape index (κ3) is 4.91. The second kappa shape index (κ2) is 9.22. The summed E-state index contributed by atoms with van der Waals surface area (Å²) < 4.78 is 4.76. The fourth-order valence-electron chi connectivity index (χ4n) is 2.19. The Labute approximate surface area is 146 Å². The highest BCUT2D eigenvalue weighted by Gasteiger charge is 2.19. The first-order valence-corrected chi connectivity index (χ1v) is 7.67. The Hall–Kier alpha value is -3.15. The third-order valence-electron chi connectivity index (χ3n) is 3.45. The highest BCUT2D eigenvalue weighted by molar-refractivity contribution is 6.43. The number of benzene rings is 2. The van der Waals surface area contributed by atoms with Crippen molar-refractivity contribution in [3.8, 4) is 0 Å². The summed E-state index contributed by atoms with van der Waals surface area (Å²) in [6, 6.07) is 17.0. The molecule has 0 spiro atoms. The van der Waals surface area contributed by atoms with Gasteiger partial charge in [-0.05, 0) is 12.5 Å². The maximum absolute atomic E-state index is 11.9. The number of nitrogens with zero attached hydrogens (tertiary/aromatic N) is 2. The van der Waals surface area contributed by atoms with Crippen LogP contribution in [0.4, 0.5) is 0 Å². The van der Waals surface area contributed by atoms with Gasteiger partial charge in [-0.15, -0.1) is 0 Å². The van der Waals surface area contributed by atoms with Crippen molar-refractivity contribution in [2.24, 2.45) is 10.3 Å². The number of ether oxygens (including phenoxy) is 1. The fraction of sp³-hybridized carbons (Fsp3) is 0.211. The molecular weight excluding hydrogens is 320 g/mol. The Kier molecular flexibility index (Phi) is 6.71. The van der Waals surface area contributed by atoms with Gasteiger partial charge in [0.05, 0.1) is 12.8 Å². The summed E-state index contributed by atoms with van der Waals surface area (Å²) in [5.41, 5.74) is 3.13. The van der Waals surface area contributed by atoms with Gasteiger partial charge in [0.2, 0.25) is 0 Å². The largest absolute Gasteiger partial charge is 0.464 e. The lowest BCUT2D eigenvalue weighted by Crippen LogP contribution is -2.19. The van der Waals surface area contributed by atoms with Crippen molar-refractivity contribution < 1.29 is 19.2 Å². The molecule has 0 saturated carbocycles. The molecule has 130 valence electrons. The number of hydrogen-bond acceptors (Lipinski definition) is 6. The topological polar surface area (TPSA) is 69.5 Å². The zero-order valence-corrected chi connectivity index (χ0v) is 14.4. The maximum Gasteiger partial charge on any atom is 0.360 e. The van der Waals surface area contributed by atoms with Crippen LogP contribution >= 0.6 is 0 Å². The van der Waals surface area contributed by atoms with Gasteiger partial charge in [0.1, 0.15) is 13.7 Å². The lowest BCUT2D eigenvalue weighted by Gasteiger charge is -2.09. The average molecular weight is 340 g/mol. The van der Waals surface area contributed by atoms with Crippen LogP contribution in [0.15, 0.2) is 64.9 Å². The van der Waals surface area contributed by atoms with E-state index in [9.17, 15) is 4.79 Å². The van der Waals surface area contributed by atoms with Gasteiger partial charge in [-0.25, -0.2) is 4.79 Å². The van der Waals surface area contributed by atoms with Crippen LogP contribution < -0.4 is 0 Å². The SMILES string of the molecule is CO/N=C(/C(=O)OC)c1ccccc1CO/N=C(\C)c1ccccc1. The van der Waals surface area contributed by atoms with E-state index in [1.54, 1.807) is 12.1 Å². The van der Waals surface area contributed by atoms with Crippen LogP contribution in [0.25, 0.3) is 0 Å². The molecule has 0 aromatic heterocycles. The molecule has 2 aromatic carbocycles. The normalized spacial score (nSPS) is 11.8. The van der Waals surface area contributed by atoms with Crippen molar-refractivity contribution >= 4 is 17.4 Å². The van der Waals surface area contributed by atoms with E-state index in [1.807, 2.05) is 49.4 Å². The zero-order valence-electron chi connectivity index (χ0n) is 14.4. The van der Waals surface area contributed by atoms with Crippen molar-refractivity contribution in [2.45, 2.75) is 13.5 Å². The highest BCUT2D eigenvalue weighted by atomic mass is 16.6. The number of oxime groups is 2. The van der Waals surface area contributed by atoms with E-state index < -0.39 is 5.97 Å². The smallest absolute Gasteiger partial charge is 0.360 e. The van der Waals surface area contributed by atoms with E-state index in [0.717, 1.165) is 16.8 Å². The van der Waals surface area contributed by atoms with Crippen LogP contribution in [0.2, 0.25) is 0 Å². The molecule has 0 radical (unpaired) electrons. The number of rotatable bonds is 7. The van der Waals surface area contributed by atoms with Crippen LogP contribution in [0.1, 0.15) is 23.6 Å². The van der Waals surface area contributed by atoms with Crippen LogP contribution in [-0.2, 0) is 25.8 Å². The van der Waals surface area contributed by atoms with Gasteiger partial charge >= 0.3 is 5.97 Å². The van der Waals surface area contributed by atoms with Gasteiger partial charge in [0.15, 0.2) is 5.71 Å². The third-order valence-corrected chi connectivity index (χ3v) is 3.45. The quantitative estimate of drug-likeness (QED) is 0.441. The minimum atomic E-state index is -0.585. The molecule has 0 aliphatic carbocycles. The minimum Gasteiger partial charge on any atom is -0.464 e. The maximum atomic E-state index is 11.9. The van der Waals surface area contributed by atoms with Gasteiger partial charge in [-0.1, -0.05) is 64.9 Å². The summed E-state index contributed by atoms with van der Waals surface area (Å²) >= 11 is 0. The molecule has 0 amide bonds. The fourth-order valence-corrected chi connectivity index (χ4v) is 2.19. The lowest BCUT2D eigenvalue weighted by atomic mass is 10.0. The molecule has 0 N–H and O–H groups in total. The van der Waals surface area contributed by atoms with Gasteiger partial charge in [0.25, 0.3) is 0 Å². The first kappa shape index (κ1) is 18.2. The number of hydrogen-bond donors (Lipinski definition) is 0. The number of methoxy groups -OCH3 is 1. The second-order valence-electron chi connectivity index (χ2n) is 5.09. The van der Waals surface area contributed by atoms with E-state index in [0.29, 0.717) is 5.56 Å². The van der Waals surface area contributed by atoms with E-state index in [4.69, 9.17) is 14.4 Å². The Morgan fingerprint density at radius 3 is 2.32 bits per heavy atom. The summed E-state index contributed by atoms with van der Waals surface area (Å²) in [4.78, 5) is 22.1. The molecule has 2 aromatic rings.